The molecule has 0 radical (unpaired) electrons. The summed E-state index contributed by atoms with van der Waals surface area (Å²) in [4.78, 5) is 6.72. The van der Waals surface area contributed by atoms with Crippen molar-refractivity contribution in [3.8, 4) is 0 Å². The highest BCUT2D eigenvalue weighted by molar-refractivity contribution is 5.62. The standard InChI is InChI=1S/C15H19N3/c1-13-7-5-11-17-15(13)18(12-6-10-16)14-8-3-2-4-9-14/h2-5,7-9,11H,6,10,12,16H2,1H3. The summed E-state index contributed by atoms with van der Waals surface area (Å²) in [6.07, 6.45) is 2.78. The van der Waals surface area contributed by atoms with Gasteiger partial charge in [0, 0.05) is 18.4 Å². The number of hydrogen-bond donors (Lipinski definition) is 1. The fraction of sp³-hybridized carbons (Fsp3) is 0.267. The Morgan fingerprint density at radius 3 is 2.56 bits per heavy atom. The Morgan fingerprint density at radius 1 is 1.11 bits per heavy atom. The molecule has 3 heteroatoms. The maximum atomic E-state index is 5.62. The third kappa shape index (κ3) is 2.87. The minimum absolute atomic E-state index is 0.690. The summed E-state index contributed by atoms with van der Waals surface area (Å²) < 4.78 is 0. The number of nitrogens with two attached hydrogens (primary N) is 1. The molecule has 0 saturated carbocycles. The van der Waals surface area contributed by atoms with Crippen LogP contribution in [0.25, 0.3) is 0 Å². The summed E-state index contributed by atoms with van der Waals surface area (Å²) >= 11 is 0. The molecule has 1 aromatic heterocycles. The van der Waals surface area contributed by atoms with Gasteiger partial charge in [-0.15, -0.1) is 0 Å². The predicted octanol–water partition coefficient (Wildman–Crippen LogP) is 2.88. The van der Waals surface area contributed by atoms with E-state index < -0.39 is 0 Å². The zero-order valence-electron chi connectivity index (χ0n) is 10.7. The van der Waals surface area contributed by atoms with Crippen molar-refractivity contribution in [3.05, 3.63) is 54.2 Å². The van der Waals surface area contributed by atoms with Crippen LogP contribution in [0.3, 0.4) is 0 Å². The number of aromatic nitrogens is 1. The summed E-state index contributed by atoms with van der Waals surface area (Å²) in [5.74, 6) is 1.01. The number of para-hydroxylation sites is 1. The van der Waals surface area contributed by atoms with Gasteiger partial charge in [-0.2, -0.15) is 0 Å². The van der Waals surface area contributed by atoms with Crippen LogP contribution in [0.4, 0.5) is 11.5 Å². The lowest BCUT2D eigenvalue weighted by atomic mass is 10.2. The molecular weight excluding hydrogens is 222 g/mol. The topological polar surface area (TPSA) is 42.2 Å². The zero-order valence-corrected chi connectivity index (χ0v) is 10.7. The molecule has 0 saturated heterocycles. The first-order valence-corrected chi connectivity index (χ1v) is 6.27. The molecule has 0 atom stereocenters. The fourth-order valence-corrected chi connectivity index (χ4v) is 1.97. The molecule has 0 aliphatic carbocycles. The second kappa shape index (κ2) is 6.17. The lowest BCUT2D eigenvalue weighted by Crippen LogP contribution is -2.22. The number of rotatable bonds is 5. The van der Waals surface area contributed by atoms with Gasteiger partial charge in [0.05, 0.1) is 0 Å². The Kier molecular flexibility index (Phi) is 4.31. The largest absolute Gasteiger partial charge is 0.330 e. The molecule has 0 amide bonds. The Balaban J connectivity index is 2.34. The molecule has 18 heavy (non-hydrogen) atoms. The summed E-state index contributed by atoms with van der Waals surface area (Å²) in [6.45, 7) is 3.66. The Hall–Kier alpha value is -1.87. The molecule has 2 aromatic rings. The van der Waals surface area contributed by atoms with Crippen LogP contribution in [0, 0.1) is 6.92 Å². The van der Waals surface area contributed by atoms with E-state index in [-0.39, 0.29) is 0 Å². The molecule has 1 aromatic carbocycles. The summed E-state index contributed by atoms with van der Waals surface area (Å²) in [5.41, 5.74) is 7.96. The van der Waals surface area contributed by atoms with Crippen LogP contribution in [0.1, 0.15) is 12.0 Å². The monoisotopic (exact) mass is 241 g/mol. The molecule has 0 spiro atoms. The van der Waals surface area contributed by atoms with Crippen LogP contribution in [0.2, 0.25) is 0 Å². The fourth-order valence-electron chi connectivity index (χ4n) is 1.97. The van der Waals surface area contributed by atoms with E-state index in [0.29, 0.717) is 6.54 Å². The molecule has 2 N–H and O–H groups in total. The maximum Gasteiger partial charge on any atom is 0.135 e. The van der Waals surface area contributed by atoms with Crippen LogP contribution >= 0.6 is 0 Å². The average molecular weight is 241 g/mol. The molecule has 2 rings (SSSR count). The summed E-state index contributed by atoms with van der Waals surface area (Å²) in [7, 11) is 0. The van der Waals surface area contributed by atoms with Gasteiger partial charge in [0.15, 0.2) is 0 Å². The van der Waals surface area contributed by atoms with Gasteiger partial charge in [0.1, 0.15) is 5.82 Å². The molecule has 0 bridgehead atoms. The van der Waals surface area contributed by atoms with E-state index in [1.807, 2.05) is 30.5 Å². The van der Waals surface area contributed by atoms with Crippen molar-refractivity contribution >= 4 is 11.5 Å². The van der Waals surface area contributed by atoms with E-state index in [9.17, 15) is 0 Å². The first kappa shape index (κ1) is 12.6. The van der Waals surface area contributed by atoms with Gasteiger partial charge < -0.3 is 10.6 Å². The Morgan fingerprint density at radius 2 is 1.89 bits per heavy atom. The number of hydrogen-bond acceptors (Lipinski definition) is 3. The minimum Gasteiger partial charge on any atom is -0.330 e. The van der Waals surface area contributed by atoms with Gasteiger partial charge >= 0.3 is 0 Å². The number of anilines is 2. The van der Waals surface area contributed by atoms with Crippen LogP contribution in [0.15, 0.2) is 48.7 Å². The van der Waals surface area contributed by atoms with Gasteiger partial charge in [0.25, 0.3) is 0 Å². The van der Waals surface area contributed by atoms with E-state index in [2.05, 4.69) is 35.0 Å². The molecule has 0 aliphatic rings. The highest BCUT2D eigenvalue weighted by Crippen LogP contribution is 2.25. The quantitative estimate of drug-likeness (QED) is 0.875. The van der Waals surface area contributed by atoms with E-state index >= 15 is 0 Å². The van der Waals surface area contributed by atoms with Crippen molar-refractivity contribution in [2.45, 2.75) is 13.3 Å². The van der Waals surface area contributed by atoms with Gasteiger partial charge in [0.2, 0.25) is 0 Å². The average Bonchev–Trinajstić information content (AvgIpc) is 2.42. The highest BCUT2D eigenvalue weighted by Gasteiger charge is 2.11. The molecular formula is C15H19N3. The smallest absolute Gasteiger partial charge is 0.135 e. The maximum absolute atomic E-state index is 5.62. The van der Waals surface area contributed by atoms with Crippen molar-refractivity contribution in [3.63, 3.8) is 0 Å². The van der Waals surface area contributed by atoms with Crippen LogP contribution in [-0.2, 0) is 0 Å². The van der Waals surface area contributed by atoms with Gasteiger partial charge in [-0.05, 0) is 43.7 Å². The van der Waals surface area contributed by atoms with Crippen molar-refractivity contribution < 1.29 is 0 Å². The lowest BCUT2D eigenvalue weighted by Gasteiger charge is -2.25. The third-order valence-electron chi connectivity index (χ3n) is 2.89. The van der Waals surface area contributed by atoms with Crippen LogP contribution < -0.4 is 10.6 Å². The Bertz CT molecular complexity index is 482. The number of aryl methyl sites for hydroxylation is 1. The first-order valence-electron chi connectivity index (χ1n) is 6.27. The van der Waals surface area contributed by atoms with Crippen molar-refractivity contribution in [1.82, 2.24) is 4.98 Å². The summed E-state index contributed by atoms with van der Waals surface area (Å²) in [6, 6.07) is 14.4. The second-order valence-corrected chi connectivity index (χ2v) is 4.27. The van der Waals surface area contributed by atoms with E-state index in [1.165, 1.54) is 5.56 Å². The van der Waals surface area contributed by atoms with Gasteiger partial charge in [-0.25, -0.2) is 4.98 Å². The van der Waals surface area contributed by atoms with Crippen molar-refractivity contribution in [2.24, 2.45) is 5.73 Å². The molecule has 0 unspecified atom stereocenters. The number of benzene rings is 1. The van der Waals surface area contributed by atoms with Crippen molar-refractivity contribution in [2.75, 3.05) is 18.0 Å². The lowest BCUT2D eigenvalue weighted by molar-refractivity contribution is 0.808. The van der Waals surface area contributed by atoms with E-state index in [0.717, 1.165) is 24.5 Å². The van der Waals surface area contributed by atoms with Gasteiger partial charge in [-0.1, -0.05) is 24.3 Å². The summed E-state index contributed by atoms with van der Waals surface area (Å²) in [5, 5.41) is 0. The first-order chi connectivity index (χ1) is 8.83. The second-order valence-electron chi connectivity index (χ2n) is 4.27. The molecule has 94 valence electrons. The van der Waals surface area contributed by atoms with E-state index in [4.69, 9.17) is 5.73 Å². The number of pyridine rings is 1. The van der Waals surface area contributed by atoms with Gasteiger partial charge in [-0.3, -0.25) is 0 Å². The third-order valence-corrected chi connectivity index (χ3v) is 2.89. The van der Waals surface area contributed by atoms with Crippen LogP contribution in [0.5, 0.6) is 0 Å². The van der Waals surface area contributed by atoms with Crippen molar-refractivity contribution in [1.29, 1.82) is 0 Å². The normalized spacial score (nSPS) is 10.3. The predicted molar refractivity (Wildman–Crippen MR) is 76.1 cm³/mol. The zero-order chi connectivity index (χ0) is 12.8. The molecule has 0 fully saturated rings. The molecule has 1 heterocycles. The molecule has 3 nitrogen and oxygen atoms in total. The SMILES string of the molecule is Cc1cccnc1N(CCCN)c1ccccc1. The highest BCUT2D eigenvalue weighted by atomic mass is 15.2. The molecule has 0 aliphatic heterocycles. The Labute approximate surface area is 108 Å². The minimum atomic E-state index is 0.690. The van der Waals surface area contributed by atoms with Crippen LogP contribution in [-0.4, -0.2) is 18.1 Å². The van der Waals surface area contributed by atoms with E-state index in [1.54, 1.807) is 0 Å². The number of nitrogens with zero attached hydrogens (tertiary/aromatic N) is 2.